The second-order valence-corrected chi connectivity index (χ2v) is 5.24. The normalized spacial score (nSPS) is 12.8. The minimum absolute atomic E-state index is 0.0822. The van der Waals surface area contributed by atoms with Crippen molar-refractivity contribution in [1.82, 2.24) is 14.5 Å². The summed E-state index contributed by atoms with van der Waals surface area (Å²) >= 11 is 5.40. The monoisotopic (exact) mass is 287 g/mol. The quantitative estimate of drug-likeness (QED) is 0.718. The van der Waals surface area contributed by atoms with E-state index in [9.17, 15) is 4.39 Å². The molecule has 1 aromatic carbocycles. The van der Waals surface area contributed by atoms with Crippen LogP contribution in [0.5, 0.6) is 0 Å². The van der Waals surface area contributed by atoms with Crippen LogP contribution in [-0.2, 0) is 0 Å². The summed E-state index contributed by atoms with van der Waals surface area (Å²) in [6, 6.07) is 8.42. The molecule has 2 heterocycles. The van der Waals surface area contributed by atoms with E-state index in [4.69, 9.17) is 12.2 Å². The highest BCUT2D eigenvalue weighted by molar-refractivity contribution is 7.71. The third-order valence-corrected chi connectivity index (χ3v) is 3.84. The number of aromatic nitrogens is 3. The van der Waals surface area contributed by atoms with E-state index < -0.39 is 0 Å². The van der Waals surface area contributed by atoms with E-state index in [1.807, 2.05) is 30.5 Å². The zero-order chi connectivity index (χ0) is 14.3. The molecule has 2 aromatic heterocycles. The Hall–Kier alpha value is -2.01. The fraction of sp³-hybridized carbons (Fsp3) is 0.200. The lowest BCUT2D eigenvalue weighted by Crippen LogP contribution is -2.07. The van der Waals surface area contributed by atoms with Crippen molar-refractivity contribution in [3.8, 4) is 0 Å². The molecule has 5 heteroatoms. The second kappa shape index (κ2) is 4.83. The molecule has 0 amide bonds. The molecule has 0 fully saturated rings. The van der Waals surface area contributed by atoms with E-state index in [-0.39, 0.29) is 11.9 Å². The number of imidazole rings is 1. The summed E-state index contributed by atoms with van der Waals surface area (Å²) in [5.41, 5.74) is 3.68. The van der Waals surface area contributed by atoms with Crippen LogP contribution in [0, 0.1) is 17.5 Å². The fourth-order valence-corrected chi connectivity index (χ4v) is 2.77. The van der Waals surface area contributed by atoms with Gasteiger partial charge < -0.3 is 4.98 Å². The van der Waals surface area contributed by atoms with E-state index in [0.717, 1.165) is 22.3 Å². The molecule has 20 heavy (non-hydrogen) atoms. The Labute approximate surface area is 121 Å². The molecule has 0 saturated carbocycles. The summed E-state index contributed by atoms with van der Waals surface area (Å²) < 4.78 is 15.9. The van der Waals surface area contributed by atoms with Crippen LogP contribution in [0.25, 0.3) is 11.2 Å². The Morgan fingerprint density at radius 2 is 2.15 bits per heavy atom. The predicted molar refractivity (Wildman–Crippen MR) is 79.9 cm³/mol. The molecule has 3 aromatic rings. The highest BCUT2D eigenvalue weighted by atomic mass is 32.1. The molecule has 1 unspecified atom stereocenters. The summed E-state index contributed by atoms with van der Waals surface area (Å²) in [6.45, 7) is 3.99. The number of nitrogens with zero attached hydrogens (tertiary/aromatic N) is 2. The number of fused-ring (bicyclic) bond motifs is 1. The van der Waals surface area contributed by atoms with Gasteiger partial charge in [-0.3, -0.25) is 4.57 Å². The van der Waals surface area contributed by atoms with E-state index in [0.29, 0.717) is 4.77 Å². The maximum Gasteiger partial charge on any atom is 0.179 e. The largest absolute Gasteiger partial charge is 0.329 e. The minimum atomic E-state index is -0.246. The summed E-state index contributed by atoms with van der Waals surface area (Å²) in [7, 11) is 0. The van der Waals surface area contributed by atoms with Crippen molar-refractivity contribution in [3.05, 3.63) is 58.2 Å². The Morgan fingerprint density at radius 3 is 2.90 bits per heavy atom. The fourth-order valence-electron chi connectivity index (χ4n) is 2.42. The van der Waals surface area contributed by atoms with Crippen LogP contribution < -0.4 is 0 Å². The number of halogens is 1. The van der Waals surface area contributed by atoms with Gasteiger partial charge >= 0.3 is 0 Å². The zero-order valence-corrected chi connectivity index (χ0v) is 12.0. The molecular weight excluding hydrogens is 273 g/mol. The highest BCUT2D eigenvalue weighted by Gasteiger charge is 2.15. The Morgan fingerprint density at radius 1 is 1.35 bits per heavy atom. The van der Waals surface area contributed by atoms with Crippen LogP contribution in [0.3, 0.4) is 0 Å². The summed E-state index contributed by atoms with van der Waals surface area (Å²) in [6.07, 6.45) is 1.76. The first-order valence-corrected chi connectivity index (χ1v) is 6.80. The van der Waals surface area contributed by atoms with Gasteiger partial charge in [-0.15, -0.1) is 0 Å². The molecule has 0 spiro atoms. The molecule has 0 saturated heterocycles. The number of hydrogen-bond acceptors (Lipinski definition) is 2. The zero-order valence-electron chi connectivity index (χ0n) is 11.2. The Kier molecular flexibility index (Phi) is 3.14. The van der Waals surface area contributed by atoms with Crippen molar-refractivity contribution in [2.45, 2.75) is 19.9 Å². The summed E-state index contributed by atoms with van der Waals surface area (Å²) in [4.78, 5) is 7.59. The molecule has 0 aliphatic rings. The maximum absolute atomic E-state index is 13.4. The Balaban J connectivity index is 2.22. The van der Waals surface area contributed by atoms with Crippen molar-refractivity contribution >= 4 is 23.4 Å². The SMILES string of the molecule is Cc1ccnc2c1[nH]c(=S)n2C(C)c1cccc(F)c1. The van der Waals surface area contributed by atoms with Crippen molar-refractivity contribution in [1.29, 1.82) is 0 Å². The molecule has 3 rings (SSSR count). The number of benzene rings is 1. The van der Waals surface area contributed by atoms with Gasteiger partial charge in [-0.2, -0.15) is 0 Å². The predicted octanol–water partition coefficient (Wildman–Crippen LogP) is 4.15. The first kappa shape index (κ1) is 13.0. The van der Waals surface area contributed by atoms with Crippen LogP contribution in [0.2, 0.25) is 0 Å². The molecule has 1 atom stereocenters. The van der Waals surface area contributed by atoms with E-state index in [2.05, 4.69) is 9.97 Å². The first-order chi connectivity index (χ1) is 9.58. The van der Waals surface area contributed by atoms with Gasteiger partial charge in [0.1, 0.15) is 5.82 Å². The van der Waals surface area contributed by atoms with Gasteiger partial charge in [0, 0.05) is 6.20 Å². The van der Waals surface area contributed by atoms with Gasteiger partial charge in [0.05, 0.1) is 11.6 Å². The molecule has 102 valence electrons. The molecular formula is C15H14FN3S. The number of aryl methyl sites for hydroxylation is 1. The number of nitrogens with one attached hydrogen (secondary N) is 1. The lowest BCUT2D eigenvalue weighted by molar-refractivity contribution is 0.606. The average molecular weight is 287 g/mol. The van der Waals surface area contributed by atoms with Gasteiger partial charge in [0.2, 0.25) is 0 Å². The second-order valence-electron chi connectivity index (χ2n) is 4.86. The Bertz CT molecular complexity index is 834. The van der Waals surface area contributed by atoms with Gasteiger partial charge in [0.25, 0.3) is 0 Å². The molecule has 3 nitrogen and oxygen atoms in total. The lowest BCUT2D eigenvalue weighted by atomic mass is 10.1. The van der Waals surface area contributed by atoms with Crippen molar-refractivity contribution < 1.29 is 4.39 Å². The van der Waals surface area contributed by atoms with E-state index >= 15 is 0 Å². The van der Waals surface area contributed by atoms with Gasteiger partial charge in [0.15, 0.2) is 10.4 Å². The van der Waals surface area contributed by atoms with Crippen LogP contribution in [0.4, 0.5) is 4.39 Å². The van der Waals surface area contributed by atoms with E-state index in [1.165, 1.54) is 12.1 Å². The number of rotatable bonds is 2. The lowest BCUT2D eigenvalue weighted by Gasteiger charge is -2.14. The molecule has 0 aliphatic heterocycles. The van der Waals surface area contributed by atoms with Crippen LogP contribution in [0.1, 0.15) is 24.1 Å². The smallest absolute Gasteiger partial charge is 0.179 e. The standard InChI is InChI=1S/C15H14FN3S/c1-9-6-7-17-14-13(9)18-15(20)19(14)10(2)11-4-3-5-12(16)8-11/h3-8,10H,1-2H3,(H,18,20). The van der Waals surface area contributed by atoms with Gasteiger partial charge in [-0.1, -0.05) is 12.1 Å². The van der Waals surface area contributed by atoms with Crippen LogP contribution in [-0.4, -0.2) is 14.5 Å². The summed E-state index contributed by atoms with van der Waals surface area (Å²) in [5.74, 6) is -0.246. The number of hydrogen-bond donors (Lipinski definition) is 1. The van der Waals surface area contributed by atoms with Crippen molar-refractivity contribution in [2.24, 2.45) is 0 Å². The van der Waals surface area contributed by atoms with Gasteiger partial charge in [-0.05, 0) is 55.4 Å². The summed E-state index contributed by atoms with van der Waals surface area (Å²) in [5, 5.41) is 0. The number of pyridine rings is 1. The van der Waals surface area contributed by atoms with Crippen molar-refractivity contribution in [3.63, 3.8) is 0 Å². The minimum Gasteiger partial charge on any atom is -0.329 e. The van der Waals surface area contributed by atoms with Crippen LogP contribution in [0.15, 0.2) is 36.5 Å². The maximum atomic E-state index is 13.4. The topological polar surface area (TPSA) is 33.6 Å². The number of aromatic amines is 1. The first-order valence-electron chi connectivity index (χ1n) is 6.39. The third kappa shape index (κ3) is 2.04. The van der Waals surface area contributed by atoms with Gasteiger partial charge in [-0.25, -0.2) is 9.37 Å². The molecule has 1 N–H and O–H groups in total. The molecule has 0 radical (unpaired) electrons. The number of H-pyrrole nitrogens is 1. The highest BCUT2D eigenvalue weighted by Crippen LogP contribution is 2.24. The average Bonchev–Trinajstić information content (AvgIpc) is 2.76. The van der Waals surface area contributed by atoms with Crippen LogP contribution >= 0.6 is 12.2 Å². The van der Waals surface area contributed by atoms with Crippen molar-refractivity contribution in [2.75, 3.05) is 0 Å². The third-order valence-electron chi connectivity index (χ3n) is 3.54. The van der Waals surface area contributed by atoms with E-state index in [1.54, 1.807) is 12.3 Å². The molecule has 0 bridgehead atoms. The molecule has 0 aliphatic carbocycles.